The highest BCUT2D eigenvalue weighted by atomic mass is 32.1. The molecule has 30 heavy (non-hydrogen) atoms. The van der Waals surface area contributed by atoms with Crippen LogP contribution in [0.15, 0.2) is 54.6 Å². The Labute approximate surface area is 178 Å². The number of hydrogen-bond acceptors (Lipinski definition) is 5. The van der Waals surface area contributed by atoms with E-state index in [0.29, 0.717) is 29.4 Å². The molecule has 1 N–H and O–H groups in total. The molecule has 156 valence electrons. The Kier molecular flexibility index (Phi) is 7.08. The summed E-state index contributed by atoms with van der Waals surface area (Å²) in [5.74, 6) is 1.03. The lowest BCUT2D eigenvalue weighted by Gasteiger charge is -2.14. The van der Waals surface area contributed by atoms with Crippen molar-refractivity contribution in [2.24, 2.45) is 0 Å². The Morgan fingerprint density at radius 3 is 2.37 bits per heavy atom. The van der Waals surface area contributed by atoms with Crippen LogP contribution in [-0.2, 0) is 11.3 Å². The zero-order chi connectivity index (χ0) is 21.5. The molecular formula is C23H22FNO4S. The van der Waals surface area contributed by atoms with Gasteiger partial charge in [-0.3, -0.25) is 4.79 Å². The second kappa shape index (κ2) is 9.93. The molecule has 0 saturated heterocycles. The van der Waals surface area contributed by atoms with E-state index in [-0.39, 0.29) is 11.7 Å². The molecule has 0 saturated carbocycles. The molecule has 0 aliphatic heterocycles. The predicted molar refractivity (Wildman–Crippen MR) is 117 cm³/mol. The summed E-state index contributed by atoms with van der Waals surface area (Å²) in [4.78, 5) is 13.9. The molecule has 0 aliphatic rings. The first kappa shape index (κ1) is 21.4. The first-order chi connectivity index (χ1) is 14.5. The zero-order valence-electron chi connectivity index (χ0n) is 16.9. The minimum absolute atomic E-state index is 0.246. The maximum atomic E-state index is 13.9. The van der Waals surface area contributed by atoms with Gasteiger partial charge in [-0.25, -0.2) is 4.39 Å². The fourth-order valence-corrected chi connectivity index (χ4v) is 3.83. The molecular weight excluding hydrogens is 405 g/mol. The molecule has 0 unspecified atom stereocenters. The smallest absolute Gasteiger partial charge is 0.244 e. The molecule has 1 aromatic heterocycles. The average molecular weight is 427 g/mol. The monoisotopic (exact) mass is 427 g/mol. The molecule has 0 spiro atoms. The fraction of sp³-hybridized carbons (Fsp3) is 0.174. The summed E-state index contributed by atoms with van der Waals surface area (Å²) in [6.45, 7) is 0.296. The van der Waals surface area contributed by atoms with Crippen LogP contribution in [0.25, 0.3) is 16.5 Å². The third-order valence-corrected chi connectivity index (χ3v) is 5.44. The van der Waals surface area contributed by atoms with Crippen molar-refractivity contribution in [3.63, 3.8) is 0 Å². The van der Waals surface area contributed by atoms with Crippen molar-refractivity contribution in [2.45, 2.75) is 6.54 Å². The summed E-state index contributed by atoms with van der Waals surface area (Å²) in [6.07, 6.45) is 3.16. The van der Waals surface area contributed by atoms with E-state index in [4.69, 9.17) is 14.2 Å². The third-order valence-electron chi connectivity index (χ3n) is 4.36. The second-order valence-electron chi connectivity index (χ2n) is 6.27. The molecule has 1 heterocycles. The third kappa shape index (κ3) is 4.99. The van der Waals surface area contributed by atoms with Crippen LogP contribution < -0.4 is 19.5 Å². The van der Waals surface area contributed by atoms with E-state index in [9.17, 15) is 9.18 Å². The molecule has 0 fully saturated rings. The van der Waals surface area contributed by atoms with E-state index in [0.717, 1.165) is 15.3 Å². The summed E-state index contributed by atoms with van der Waals surface area (Å²) in [7, 11) is 4.62. The van der Waals surface area contributed by atoms with Crippen LogP contribution in [0.4, 0.5) is 4.39 Å². The number of halogens is 1. The quantitative estimate of drug-likeness (QED) is 0.519. The Hall–Kier alpha value is -3.32. The van der Waals surface area contributed by atoms with Crippen LogP contribution >= 0.6 is 11.3 Å². The van der Waals surface area contributed by atoms with Gasteiger partial charge in [0, 0.05) is 27.9 Å². The normalized spacial score (nSPS) is 10.8. The number of carbonyl (C=O) groups excluding carboxylic acids is 1. The highest BCUT2D eigenvalue weighted by Gasteiger charge is 2.13. The molecule has 7 heteroatoms. The van der Waals surface area contributed by atoms with E-state index in [1.807, 2.05) is 12.1 Å². The lowest BCUT2D eigenvalue weighted by atomic mass is 10.1. The van der Waals surface area contributed by atoms with Gasteiger partial charge in [-0.15, -0.1) is 11.3 Å². The van der Waals surface area contributed by atoms with Crippen LogP contribution in [0.2, 0.25) is 0 Å². The SMILES string of the molecule is COc1cc(CNC(=O)/C=C/c2ccc(-c3ccccc3F)s2)cc(OC)c1OC. The van der Waals surface area contributed by atoms with Crippen molar-refractivity contribution in [2.75, 3.05) is 21.3 Å². The van der Waals surface area contributed by atoms with Gasteiger partial charge in [0.15, 0.2) is 11.5 Å². The fourth-order valence-electron chi connectivity index (χ4n) is 2.89. The Bertz CT molecular complexity index is 1040. The molecule has 0 radical (unpaired) electrons. The maximum absolute atomic E-state index is 13.9. The number of hydrogen-bond donors (Lipinski definition) is 1. The van der Waals surface area contributed by atoms with Crippen molar-refractivity contribution in [3.8, 4) is 27.7 Å². The summed E-state index contributed by atoms with van der Waals surface area (Å²) in [5, 5.41) is 2.82. The molecule has 0 bridgehead atoms. The highest BCUT2D eigenvalue weighted by molar-refractivity contribution is 7.16. The molecule has 3 rings (SSSR count). The maximum Gasteiger partial charge on any atom is 0.244 e. The van der Waals surface area contributed by atoms with Crippen molar-refractivity contribution >= 4 is 23.3 Å². The summed E-state index contributed by atoms with van der Waals surface area (Å²) in [6, 6.07) is 13.9. The van der Waals surface area contributed by atoms with Gasteiger partial charge < -0.3 is 19.5 Å². The highest BCUT2D eigenvalue weighted by Crippen LogP contribution is 2.38. The number of nitrogens with one attached hydrogen (secondary N) is 1. The van der Waals surface area contributed by atoms with E-state index in [1.54, 1.807) is 50.6 Å². The first-order valence-corrected chi connectivity index (χ1v) is 9.97. The van der Waals surface area contributed by atoms with Gasteiger partial charge in [-0.2, -0.15) is 0 Å². The van der Waals surface area contributed by atoms with Crippen LogP contribution in [0.3, 0.4) is 0 Å². The number of benzene rings is 2. The summed E-state index contributed by atoms with van der Waals surface area (Å²) < 4.78 is 29.9. The van der Waals surface area contributed by atoms with Crippen LogP contribution in [0.5, 0.6) is 17.2 Å². The molecule has 2 aromatic carbocycles. The average Bonchev–Trinajstić information content (AvgIpc) is 3.24. The number of methoxy groups -OCH3 is 3. The molecule has 1 amide bonds. The van der Waals surface area contributed by atoms with E-state index >= 15 is 0 Å². The van der Waals surface area contributed by atoms with Gasteiger partial charge in [0.1, 0.15) is 5.82 Å². The lowest BCUT2D eigenvalue weighted by molar-refractivity contribution is -0.116. The standard InChI is InChI=1S/C23H22FNO4S/c1-27-19-12-15(13-20(28-2)23(19)29-3)14-25-22(26)11-9-16-8-10-21(30-16)17-6-4-5-7-18(17)24/h4-13H,14H2,1-3H3,(H,25,26)/b11-9+. The Morgan fingerprint density at radius 1 is 1.03 bits per heavy atom. The molecule has 5 nitrogen and oxygen atoms in total. The van der Waals surface area contributed by atoms with Gasteiger partial charge in [0.2, 0.25) is 11.7 Å². The summed E-state index contributed by atoms with van der Waals surface area (Å²) in [5.41, 5.74) is 1.36. The molecule has 0 atom stereocenters. The Balaban J connectivity index is 1.64. The van der Waals surface area contributed by atoms with Crippen LogP contribution in [-0.4, -0.2) is 27.2 Å². The molecule has 3 aromatic rings. The Morgan fingerprint density at radius 2 is 1.73 bits per heavy atom. The van der Waals surface area contributed by atoms with Gasteiger partial charge in [-0.05, 0) is 42.0 Å². The second-order valence-corrected chi connectivity index (χ2v) is 7.38. The zero-order valence-corrected chi connectivity index (χ0v) is 17.7. The number of carbonyl (C=O) groups is 1. The van der Waals surface area contributed by atoms with Crippen LogP contribution in [0, 0.1) is 5.82 Å². The minimum Gasteiger partial charge on any atom is -0.493 e. The minimum atomic E-state index is -0.266. The lowest BCUT2D eigenvalue weighted by Crippen LogP contribution is -2.20. The summed E-state index contributed by atoms with van der Waals surface area (Å²) >= 11 is 1.42. The number of rotatable bonds is 8. The largest absolute Gasteiger partial charge is 0.493 e. The van der Waals surface area contributed by atoms with Crippen molar-refractivity contribution in [1.82, 2.24) is 5.32 Å². The predicted octanol–water partition coefficient (Wildman–Crippen LogP) is 4.91. The number of thiophene rings is 1. The van der Waals surface area contributed by atoms with Gasteiger partial charge in [0.25, 0.3) is 0 Å². The number of amides is 1. The van der Waals surface area contributed by atoms with E-state index in [1.165, 1.54) is 30.6 Å². The van der Waals surface area contributed by atoms with Crippen molar-refractivity contribution < 1.29 is 23.4 Å². The van der Waals surface area contributed by atoms with E-state index < -0.39 is 0 Å². The van der Waals surface area contributed by atoms with Crippen molar-refractivity contribution in [3.05, 3.63) is 70.9 Å². The van der Waals surface area contributed by atoms with Gasteiger partial charge >= 0.3 is 0 Å². The molecule has 0 aliphatic carbocycles. The van der Waals surface area contributed by atoms with Gasteiger partial charge in [-0.1, -0.05) is 18.2 Å². The van der Waals surface area contributed by atoms with Crippen LogP contribution in [0.1, 0.15) is 10.4 Å². The van der Waals surface area contributed by atoms with E-state index in [2.05, 4.69) is 5.32 Å². The first-order valence-electron chi connectivity index (χ1n) is 9.15. The topological polar surface area (TPSA) is 56.8 Å². The van der Waals surface area contributed by atoms with Gasteiger partial charge in [0.05, 0.1) is 21.3 Å². The van der Waals surface area contributed by atoms with Crippen molar-refractivity contribution in [1.29, 1.82) is 0 Å². The number of ether oxygens (including phenoxy) is 3.